The van der Waals surface area contributed by atoms with Crippen molar-refractivity contribution >= 4 is 39.1 Å². The molecule has 1 amide bonds. The van der Waals surface area contributed by atoms with Gasteiger partial charge in [0.2, 0.25) is 0 Å². The van der Waals surface area contributed by atoms with Crippen molar-refractivity contribution in [3.63, 3.8) is 0 Å². The molecule has 2 aromatic heterocycles. The number of furan rings is 1. The first-order valence-electron chi connectivity index (χ1n) is 10.4. The molecule has 0 atom stereocenters. The molecule has 2 heterocycles. The zero-order valence-corrected chi connectivity index (χ0v) is 20.8. The molecule has 0 fully saturated rings. The lowest BCUT2D eigenvalue weighted by molar-refractivity contribution is 0.0992. The number of aromatic nitrogens is 2. The number of halogens is 2. The fourth-order valence-corrected chi connectivity index (χ4v) is 4.24. The highest BCUT2D eigenvalue weighted by Gasteiger charge is 2.18. The normalized spacial score (nSPS) is 10.9. The van der Waals surface area contributed by atoms with Crippen LogP contribution in [0.2, 0.25) is 5.02 Å². The lowest BCUT2D eigenvalue weighted by Gasteiger charge is -2.07. The third-order valence-corrected chi connectivity index (χ3v) is 5.97. The molecule has 4 aromatic rings. The summed E-state index contributed by atoms with van der Waals surface area (Å²) >= 11 is 9.53. The topological polar surface area (TPSA) is 69.3 Å². The smallest absolute Gasteiger partial charge is 0.291 e. The number of hydrogen-bond acceptors (Lipinski definition) is 4. The highest BCUT2D eigenvalue weighted by atomic mass is 79.9. The van der Waals surface area contributed by atoms with E-state index in [-0.39, 0.29) is 18.3 Å². The van der Waals surface area contributed by atoms with Gasteiger partial charge in [-0.05, 0) is 56.7 Å². The Morgan fingerprint density at radius 2 is 1.97 bits per heavy atom. The minimum atomic E-state index is -0.343. The standard InChI is InChI=1S/C25H23BrClN3O3/c1-15-5-4-6-18(11-15)13-30-17(3)24(16(2)29-30)28-25(31)23-10-8-20(33-23)14-32-22-9-7-19(26)12-21(22)27/h4-12H,13-14H2,1-3H3,(H,28,31). The maximum absolute atomic E-state index is 12.8. The Labute approximate surface area is 205 Å². The summed E-state index contributed by atoms with van der Waals surface area (Å²) < 4.78 is 14.1. The second-order valence-corrected chi connectivity index (χ2v) is 9.10. The summed E-state index contributed by atoms with van der Waals surface area (Å²) in [7, 11) is 0. The van der Waals surface area contributed by atoms with Crippen LogP contribution in [0.3, 0.4) is 0 Å². The number of ether oxygens (including phenoxy) is 1. The van der Waals surface area contributed by atoms with E-state index in [9.17, 15) is 4.79 Å². The van der Waals surface area contributed by atoms with E-state index in [4.69, 9.17) is 20.8 Å². The zero-order valence-electron chi connectivity index (χ0n) is 18.5. The van der Waals surface area contributed by atoms with Crippen molar-refractivity contribution in [2.75, 3.05) is 5.32 Å². The Kier molecular flexibility index (Phi) is 6.91. The average molecular weight is 529 g/mol. The average Bonchev–Trinajstić information content (AvgIpc) is 3.34. The maximum atomic E-state index is 12.8. The molecule has 0 saturated carbocycles. The SMILES string of the molecule is Cc1cccc(Cn2nc(C)c(NC(=O)c3ccc(COc4ccc(Br)cc4Cl)o3)c2C)c1. The Morgan fingerprint density at radius 3 is 2.73 bits per heavy atom. The summed E-state index contributed by atoms with van der Waals surface area (Å²) in [4.78, 5) is 12.8. The summed E-state index contributed by atoms with van der Waals surface area (Å²) in [5.41, 5.74) is 4.65. The number of carbonyl (C=O) groups excluding carboxylic acids is 1. The molecule has 0 saturated heterocycles. The number of nitrogens with one attached hydrogen (secondary N) is 1. The number of anilines is 1. The van der Waals surface area contributed by atoms with Gasteiger partial charge in [-0.3, -0.25) is 9.48 Å². The molecule has 0 aliphatic carbocycles. The number of nitrogens with zero attached hydrogens (tertiary/aromatic N) is 2. The highest BCUT2D eigenvalue weighted by molar-refractivity contribution is 9.10. The summed E-state index contributed by atoms with van der Waals surface area (Å²) in [6.45, 7) is 6.66. The van der Waals surface area contributed by atoms with Gasteiger partial charge in [-0.25, -0.2) is 0 Å². The Morgan fingerprint density at radius 1 is 1.15 bits per heavy atom. The summed E-state index contributed by atoms with van der Waals surface area (Å²) in [6, 6.07) is 17.0. The van der Waals surface area contributed by atoms with Crippen LogP contribution in [0.5, 0.6) is 5.75 Å². The minimum absolute atomic E-state index is 0.154. The number of benzene rings is 2. The molecule has 6 nitrogen and oxygen atoms in total. The van der Waals surface area contributed by atoms with Crippen molar-refractivity contribution in [1.29, 1.82) is 0 Å². The van der Waals surface area contributed by atoms with Crippen LogP contribution in [0.25, 0.3) is 0 Å². The number of aryl methyl sites for hydroxylation is 2. The van der Waals surface area contributed by atoms with Crippen LogP contribution in [0, 0.1) is 20.8 Å². The molecule has 4 rings (SSSR count). The molecule has 0 unspecified atom stereocenters. The van der Waals surface area contributed by atoms with Crippen molar-refractivity contribution in [1.82, 2.24) is 9.78 Å². The van der Waals surface area contributed by atoms with Crippen molar-refractivity contribution in [3.05, 3.63) is 98.1 Å². The Bertz CT molecular complexity index is 1310. The molecule has 0 aliphatic heterocycles. The van der Waals surface area contributed by atoms with Crippen molar-refractivity contribution in [3.8, 4) is 5.75 Å². The van der Waals surface area contributed by atoms with E-state index in [1.807, 2.05) is 30.7 Å². The van der Waals surface area contributed by atoms with Gasteiger partial charge in [0.25, 0.3) is 5.91 Å². The summed E-state index contributed by atoms with van der Waals surface area (Å²) in [5.74, 6) is 0.905. The monoisotopic (exact) mass is 527 g/mol. The van der Waals surface area contributed by atoms with Crippen LogP contribution in [0.1, 0.15) is 38.8 Å². The van der Waals surface area contributed by atoms with Gasteiger partial charge in [-0.15, -0.1) is 0 Å². The van der Waals surface area contributed by atoms with E-state index >= 15 is 0 Å². The quantitative estimate of drug-likeness (QED) is 0.290. The van der Waals surface area contributed by atoms with Crippen LogP contribution in [0.4, 0.5) is 5.69 Å². The molecule has 0 spiro atoms. The van der Waals surface area contributed by atoms with Crippen molar-refractivity contribution < 1.29 is 13.9 Å². The van der Waals surface area contributed by atoms with Crippen LogP contribution >= 0.6 is 27.5 Å². The number of hydrogen-bond donors (Lipinski definition) is 1. The molecular formula is C25H23BrClN3O3. The lowest BCUT2D eigenvalue weighted by atomic mass is 10.1. The molecular weight excluding hydrogens is 506 g/mol. The van der Waals surface area contributed by atoms with Gasteiger partial charge in [-0.2, -0.15) is 5.10 Å². The molecule has 0 aliphatic rings. The van der Waals surface area contributed by atoms with Crippen LogP contribution in [-0.2, 0) is 13.2 Å². The molecule has 0 bridgehead atoms. The van der Waals surface area contributed by atoms with E-state index in [1.54, 1.807) is 24.3 Å². The first-order chi connectivity index (χ1) is 15.8. The van der Waals surface area contributed by atoms with E-state index in [0.29, 0.717) is 28.8 Å². The Balaban J connectivity index is 1.42. The minimum Gasteiger partial charge on any atom is -0.484 e. The lowest BCUT2D eigenvalue weighted by Crippen LogP contribution is -2.12. The van der Waals surface area contributed by atoms with E-state index in [1.165, 1.54) is 5.56 Å². The van der Waals surface area contributed by atoms with Gasteiger partial charge >= 0.3 is 0 Å². The third-order valence-electron chi connectivity index (χ3n) is 5.18. The molecule has 8 heteroatoms. The first-order valence-corrected chi connectivity index (χ1v) is 11.5. The van der Waals surface area contributed by atoms with Gasteiger partial charge in [0.05, 0.1) is 28.6 Å². The van der Waals surface area contributed by atoms with Gasteiger partial charge in [0.1, 0.15) is 18.1 Å². The second-order valence-electron chi connectivity index (χ2n) is 7.78. The largest absolute Gasteiger partial charge is 0.484 e. The molecule has 1 N–H and O–H groups in total. The molecule has 170 valence electrons. The number of rotatable bonds is 7. The highest BCUT2D eigenvalue weighted by Crippen LogP contribution is 2.28. The fourth-order valence-electron chi connectivity index (χ4n) is 3.51. The fraction of sp³-hybridized carbons (Fsp3) is 0.200. The Hall–Kier alpha value is -3.03. The van der Waals surface area contributed by atoms with Crippen molar-refractivity contribution in [2.24, 2.45) is 0 Å². The van der Waals surface area contributed by atoms with E-state index in [2.05, 4.69) is 51.5 Å². The number of carbonyl (C=O) groups is 1. The van der Waals surface area contributed by atoms with Crippen molar-refractivity contribution in [2.45, 2.75) is 33.9 Å². The second kappa shape index (κ2) is 9.85. The van der Waals surface area contributed by atoms with Crippen LogP contribution in [0.15, 0.2) is 63.5 Å². The van der Waals surface area contributed by atoms with Gasteiger partial charge < -0.3 is 14.5 Å². The summed E-state index contributed by atoms with van der Waals surface area (Å²) in [5, 5.41) is 8.02. The van der Waals surface area contributed by atoms with Gasteiger partial charge in [0.15, 0.2) is 5.76 Å². The predicted octanol–water partition coefficient (Wildman–Crippen LogP) is 6.70. The predicted molar refractivity (Wildman–Crippen MR) is 132 cm³/mol. The van der Waals surface area contributed by atoms with Gasteiger partial charge in [0, 0.05) is 4.47 Å². The third kappa shape index (κ3) is 5.49. The van der Waals surface area contributed by atoms with E-state index < -0.39 is 0 Å². The van der Waals surface area contributed by atoms with Crippen LogP contribution < -0.4 is 10.1 Å². The molecule has 33 heavy (non-hydrogen) atoms. The van der Waals surface area contributed by atoms with Gasteiger partial charge in [-0.1, -0.05) is 57.4 Å². The summed E-state index contributed by atoms with van der Waals surface area (Å²) in [6.07, 6.45) is 0. The zero-order chi connectivity index (χ0) is 23.5. The molecule has 2 aromatic carbocycles. The van der Waals surface area contributed by atoms with E-state index in [0.717, 1.165) is 21.4 Å². The first kappa shape index (κ1) is 23.1. The number of amides is 1. The molecule has 0 radical (unpaired) electrons. The van der Waals surface area contributed by atoms with Crippen LogP contribution in [-0.4, -0.2) is 15.7 Å². The maximum Gasteiger partial charge on any atom is 0.291 e.